The van der Waals surface area contributed by atoms with E-state index in [9.17, 15) is 9.59 Å². The minimum absolute atomic E-state index is 0.195. The number of likely N-dealkylation sites (tertiary alicyclic amines) is 1. The summed E-state index contributed by atoms with van der Waals surface area (Å²) in [6, 6.07) is 9.76. The molecule has 2 aromatic rings. The van der Waals surface area contributed by atoms with Crippen molar-refractivity contribution in [3.63, 3.8) is 0 Å². The van der Waals surface area contributed by atoms with Crippen molar-refractivity contribution in [3.8, 4) is 0 Å². The van der Waals surface area contributed by atoms with Gasteiger partial charge < -0.3 is 14.8 Å². The van der Waals surface area contributed by atoms with E-state index in [1.807, 2.05) is 26.0 Å². The summed E-state index contributed by atoms with van der Waals surface area (Å²) < 4.78 is 0. The highest BCUT2D eigenvalue weighted by Crippen LogP contribution is 2.19. The summed E-state index contributed by atoms with van der Waals surface area (Å²) in [4.78, 5) is 31.9. The number of H-pyrrole nitrogens is 1. The van der Waals surface area contributed by atoms with Gasteiger partial charge in [0.05, 0.1) is 0 Å². The summed E-state index contributed by atoms with van der Waals surface area (Å²) in [7, 11) is 1.80. The lowest BCUT2D eigenvalue weighted by Gasteiger charge is -2.34. The molecule has 1 aliphatic heterocycles. The van der Waals surface area contributed by atoms with Gasteiger partial charge in [0.2, 0.25) is 0 Å². The number of nitrogens with zero attached hydrogens (tertiary/aromatic N) is 2. The molecule has 1 aromatic heterocycles. The van der Waals surface area contributed by atoms with Crippen molar-refractivity contribution in [2.24, 2.45) is 5.92 Å². The summed E-state index contributed by atoms with van der Waals surface area (Å²) in [6.07, 6.45) is 3.17. The van der Waals surface area contributed by atoms with E-state index in [0.29, 0.717) is 12.5 Å². The molecule has 1 N–H and O–H groups in total. The predicted octanol–water partition coefficient (Wildman–Crippen LogP) is 3.67. The van der Waals surface area contributed by atoms with Gasteiger partial charge in [-0.2, -0.15) is 0 Å². The number of rotatable bonds is 6. The molecular formula is C23H30ClN3O2. The van der Waals surface area contributed by atoms with Gasteiger partial charge >= 0.3 is 0 Å². The van der Waals surface area contributed by atoms with Gasteiger partial charge in [-0.1, -0.05) is 23.7 Å². The third-order valence-corrected chi connectivity index (χ3v) is 6.20. The maximum atomic E-state index is 12.7. The average molecular weight is 416 g/mol. The molecule has 0 atom stereocenters. The van der Waals surface area contributed by atoms with Crippen LogP contribution < -0.4 is 5.56 Å². The zero-order chi connectivity index (χ0) is 21.0. The molecule has 0 aliphatic carbocycles. The van der Waals surface area contributed by atoms with Gasteiger partial charge in [0, 0.05) is 30.9 Å². The monoisotopic (exact) mass is 415 g/mol. The number of hydrogen-bond acceptors (Lipinski definition) is 3. The Kier molecular flexibility index (Phi) is 7.14. The third kappa shape index (κ3) is 5.71. The highest BCUT2D eigenvalue weighted by atomic mass is 35.5. The Balaban J connectivity index is 1.47. The van der Waals surface area contributed by atoms with Crippen molar-refractivity contribution in [1.82, 2.24) is 14.8 Å². The number of aromatic amines is 1. The van der Waals surface area contributed by atoms with Gasteiger partial charge in [-0.25, -0.2) is 0 Å². The van der Waals surface area contributed by atoms with Gasteiger partial charge in [-0.05, 0) is 81.4 Å². The fraction of sp³-hybridized carbons (Fsp3) is 0.478. The van der Waals surface area contributed by atoms with E-state index in [-0.39, 0.29) is 17.0 Å². The van der Waals surface area contributed by atoms with Crippen LogP contribution in [0.3, 0.4) is 0 Å². The summed E-state index contributed by atoms with van der Waals surface area (Å²) in [5.41, 5.74) is 2.97. The SMILES string of the molecule is Cc1cc(C(=O)N(C)CC2CCN(CCc3ccc(Cl)cc3)CC2)c(=O)[nH]c1C. The van der Waals surface area contributed by atoms with Gasteiger partial charge in [0.15, 0.2) is 0 Å². The zero-order valence-corrected chi connectivity index (χ0v) is 18.3. The predicted molar refractivity (Wildman–Crippen MR) is 118 cm³/mol. The van der Waals surface area contributed by atoms with E-state index in [2.05, 4.69) is 22.0 Å². The van der Waals surface area contributed by atoms with Crippen LogP contribution in [0.5, 0.6) is 0 Å². The number of carbonyl (C=O) groups excluding carboxylic acids is 1. The molecule has 3 rings (SSSR count). The zero-order valence-electron chi connectivity index (χ0n) is 17.5. The van der Waals surface area contributed by atoms with E-state index < -0.39 is 0 Å². The molecule has 6 heteroatoms. The van der Waals surface area contributed by atoms with Gasteiger partial charge in [0.25, 0.3) is 11.5 Å². The second-order valence-corrected chi connectivity index (χ2v) is 8.60. The molecule has 2 heterocycles. The van der Waals surface area contributed by atoms with Crippen molar-refractivity contribution in [3.05, 3.63) is 68.1 Å². The summed E-state index contributed by atoms with van der Waals surface area (Å²) in [5.74, 6) is 0.279. The Morgan fingerprint density at radius 2 is 1.86 bits per heavy atom. The number of piperidine rings is 1. The molecule has 0 radical (unpaired) electrons. The Morgan fingerprint density at radius 1 is 1.21 bits per heavy atom. The van der Waals surface area contributed by atoms with Crippen LogP contribution in [0.4, 0.5) is 0 Å². The highest BCUT2D eigenvalue weighted by Gasteiger charge is 2.23. The van der Waals surface area contributed by atoms with Crippen LogP contribution in [0.1, 0.15) is 40.0 Å². The largest absolute Gasteiger partial charge is 0.341 e. The first-order chi connectivity index (χ1) is 13.8. The normalized spacial score (nSPS) is 15.4. The number of amides is 1. The molecular weight excluding hydrogens is 386 g/mol. The molecule has 0 unspecified atom stereocenters. The topological polar surface area (TPSA) is 56.4 Å². The van der Waals surface area contributed by atoms with Crippen LogP contribution in [-0.4, -0.2) is 53.9 Å². The number of carbonyl (C=O) groups is 1. The maximum absolute atomic E-state index is 12.7. The van der Waals surface area contributed by atoms with Crippen LogP contribution >= 0.6 is 11.6 Å². The number of benzene rings is 1. The number of nitrogens with one attached hydrogen (secondary N) is 1. The number of aromatic nitrogens is 1. The molecule has 29 heavy (non-hydrogen) atoms. The van der Waals surface area contributed by atoms with Crippen molar-refractivity contribution in [2.45, 2.75) is 33.1 Å². The van der Waals surface area contributed by atoms with Crippen molar-refractivity contribution >= 4 is 17.5 Å². The van der Waals surface area contributed by atoms with Crippen LogP contribution in [-0.2, 0) is 6.42 Å². The average Bonchev–Trinajstić information content (AvgIpc) is 2.71. The number of pyridine rings is 1. The van der Waals surface area contributed by atoms with Gasteiger partial charge in [-0.3, -0.25) is 9.59 Å². The number of hydrogen-bond donors (Lipinski definition) is 1. The summed E-state index contributed by atoms with van der Waals surface area (Å²) in [6.45, 7) is 7.57. The van der Waals surface area contributed by atoms with E-state index in [0.717, 1.165) is 55.2 Å². The lowest BCUT2D eigenvalue weighted by molar-refractivity contribution is 0.0738. The lowest BCUT2D eigenvalue weighted by Crippen LogP contribution is -2.41. The van der Waals surface area contributed by atoms with Crippen LogP contribution in [0.2, 0.25) is 5.02 Å². The quantitative estimate of drug-likeness (QED) is 0.783. The second-order valence-electron chi connectivity index (χ2n) is 8.17. The molecule has 5 nitrogen and oxygen atoms in total. The Bertz CT molecular complexity index is 899. The van der Waals surface area contributed by atoms with Gasteiger partial charge in [0.1, 0.15) is 5.56 Å². The fourth-order valence-corrected chi connectivity index (χ4v) is 4.02. The molecule has 0 spiro atoms. The van der Waals surface area contributed by atoms with Crippen molar-refractivity contribution < 1.29 is 4.79 Å². The van der Waals surface area contributed by atoms with Crippen LogP contribution in [0.15, 0.2) is 35.1 Å². The van der Waals surface area contributed by atoms with E-state index in [1.165, 1.54) is 5.56 Å². The molecule has 1 amide bonds. The minimum atomic E-state index is -0.304. The van der Waals surface area contributed by atoms with Crippen LogP contribution in [0.25, 0.3) is 0 Å². The van der Waals surface area contributed by atoms with E-state index in [1.54, 1.807) is 18.0 Å². The Hall–Kier alpha value is -2.11. The molecule has 156 valence electrons. The maximum Gasteiger partial charge on any atom is 0.261 e. The summed E-state index contributed by atoms with van der Waals surface area (Å²) >= 11 is 5.95. The highest BCUT2D eigenvalue weighted by molar-refractivity contribution is 6.30. The smallest absolute Gasteiger partial charge is 0.261 e. The summed E-state index contributed by atoms with van der Waals surface area (Å²) in [5, 5.41) is 0.774. The Labute approximate surface area is 177 Å². The molecule has 1 aromatic carbocycles. The molecule has 0 saturated carbocycles. The first-order valence-electron chi connectivity index (χ1n) is 10.3. The van der Waals surface area contributed by atoms with Crippen molar-refractivity contribution in [1.29, 1.82) is 0 Å². The van der Waals surface area contributed by atoms with E-state index in [4.69, 9.17) is 11.6 Å². The van der Waals surface area contributed by atoms with Crippen molar-refractivity contribution in [2.75, 3.05) is 33.2 Å². The lowest BCUT2D eigenvalue weighted by atomic mass is 9.95. The van der Waals surface area contributed by atoms with Crippen LogP contribution in [0, 0.1) is 19.8 Å². The first kappa shape index (κ1) is 21.6. The Morgan fingerprint density at radius 3 is 2.52 bits per heavy atom. The molecule has 1 aliphatic rings. The molecule has 1 saturated heterocycles. The molecule has 1 fully saturated rings. The third-order valence-electron chi connectivity index (χ3n) is 5.94. The number of halogens is 1. The standard InChI is InChI=1S/C23H30ClN3O2/c1-16-14-21(22(28)25-17(16)2)23(29)26(3)15-19-9-12-27(13-10-19)11-8-18-4-6-20(24)7-5-18/h4-7,14,19H,8-13,15H2,1-3H3,(H,25,28). The number of aryl methyl sites for hydroxylation is 2. The second kappa shape index (κ2) is 9.59. The fourth-order valence-electron chi connectivity index (χ4n) is 3.89. The minimum Gasteiger partial charge on any atom is -0.341 e. The van der Waals surface area contributed by atoms with Gasteiger partial charge in [-0.15, -0.1) is 0 Å². The first-order valence-corrected chi connectivity index (χ1v) is 10.6. The molecule has 0 bridgehead atoms. The van der Waals surface area contributed by atoms with E-state index >= 15 is 0 Å².